The van der Waals surface area contributed by atoms with Crippen molar-refractivity contribution in [1.29, 1.82) is 10.5 Å². The molecule has 1 saturated heterocycles. The maximum atomic E-state index is 13.7. The van der Waals surface area contributed by atoms with Crippen LogP contribution in [0.4, 0.5) is 10.1 Å². The fourth-order valence-electron chi connectivity index (χ4n) is 5.26. The number of aryl methyl sites for hydroxylation is 1. The van der Waals surface area contributed by atoms with Crippen LogP contribution in [0.2, 0.25) is 0 Å². The molecule has 1 fully saturated rings. The number of rotatable bonds is 4. The summed E-state index contributed by atoms with van der Waals surface area (Å²) in [5, 5.41) is 18.7. The first-order chi connectivity index (χ1) is 18.3. The molecule has 0 aliphatic carbocycles. The van der Waals surface area contributed by atoms with Gasteiger partial charge in [0.2, 0.25) is 0 Å². The van der Waals surface area contributed by atoms with Crippen molar-refractivity contribution in [2.45, 2.75) is 32.0 Å². The Morgan fingerprint density at radius 1 is 1.00 bits per heavy atom. The lowest BCUT2D eigenvalue weighted by Crippen LogP contribution is -2.57. The molecule has 1 aromatic carbocycles. The number of pyridine rings is 3. The summed E-state index contributed by atoms with van der Waals surface area (Å²) in [6.45, 7) is 5.41. The Balaban J connectivity index is 1.55. The van der Waals surface area contributed by atoms with Crippen LogP contribution in [0, 0.1) is 28.5 Å². The molecule has 1 aliphatic heterocycles. The minimum Gasteiger partial charge on any atom is -0.364 e. The Morgan fingerprint density at radius 3 is 2.42 bits per heavy atom. The van der Waals surface area contributed by atoms with E-state index in [2.05, 4.69) is 45.8 Å². The normalized spacial score (nSPS) is 18.6. The molecule has 0 bridgehead atoms. The molecule has 0 amide bonds. The minimum atomic E-state index is -0.402. The average molecular weight is 508 g/mol. The molecular formula is C29H26FN7O. The van der Waals surface area contributed by atoms with Crippen LogP contribution >= 0.6 is 0 Å². The Hall–Kier alpha value is -4.60. The second-order valence-corrected chi connectivity index (χ2v) is 9.69. The number of halogens is 1. The highest BCUT2D eigenvalue weighted by Crippen LogP contribution is 2.35. The van der Waals surface area contributed by atoms with Crippen LogP contribution in [0.3, 0.4) is 0 Å². The third kappa shape index (κ3) is 4.49. The first-order valence-electron chi connectivity index (χ1n) is 12.4. The summed E-state index contributed by atoms with van der Waals surface area (Å²) in [7, 11) is 1.70. The number of nitrogens with zero attached hydrogens (tertiary/aromatic N) is 7. The van der Waals surface area contributed by atoms with E-state index in [9.17, 15) is 19.7 Å². The number of nitriles is 2. The number of fused-ring (bicyclic) bond motifs is 1. The average Bonchev–Trinajstić information content (AvgIpc) is 2.93. The molecule has 4 aromatic rings. The van der Waals surface area contributed by atoms with Crippen LogP contribution in [0.1, 0.15) is 42.4 Å². The molecular weight excluding hydrogens is 481 g/mol. The molecule has 0 radical (unpaired) electrons. The Bertz CT molecular complexity index is 1630. The van der Waals surface area contributed by atoms with Crippen molar-refractivity contribution in [3.05, 3.63) is 99.5 Å². The van der Waals surface area contributed by atoms with Crippen LogP contribution in [-0.4, -0.2) is 44.6 Å². The lowest BCUT2D eigenvalue weighted by Gasteiger charge is -2.48. The van der Waals surface area contributed by atoms with Gasteiger partial charge in [-0.25, -0.2) is 9.37 Å². The second kappa shape index (κ2) is 10.0. The standard InChI is InChI=1S/C29H26FN7O/c1-18-17-37(29(24-10-8-22(30)15-33-24)21-6-4-20(13-31)5-7-21)19(2)16-36(18)26-12-27(38)35(3)25-11-9-23(14-32)34-28(25)26/h4-12,15,18-19,29H,16-17H2,1-3H3/t18-,19+,29?/m0/s1. The van der Waals surface area contributed by atoms with Gasteiger partial charge in [0.25, 0.3) is 5.56 Å². The van der Waals surface area contributed by atoms with Crippen LogP contribution in [-0.2, 0) is 7.05 Å². The van der Waals surface area contributed by atoms with Crippen molar-refractivity contribution in [1.82, 2.24) is 19.4 Å². The van der Waals surface area contributed by atoms with E-state index in [-0.39, 0.29) is 23.7 Å². The fraction of sp³-hybridized carbons (Fsp3) is 0.276. The largest absolute Gasteiger partial charge is 0.364 e. The maximum Gasteiger partial charge on any atom is 0.252 e. The molecule has 9 heteroatoms. The monoisotopic (exact) mass is 507 g/mol. The lowest BCUT2D eigenvalue weighted by molar-refractivity contribution is 0.128. The highest BCUT2D eigenvalue weighted by Gasteiger charge is 2.36. The van der Waals surface area contributed by atoms with Gasteiger partial charge in [-0.1, -0.05) is 12.1 Å². The third-order valence-corrected chi connectivity index (χ3v) is 7.24. The van der Waals surface area contributed by atoms with E-state index in [1.807, 2.05) is 12.1 Å². The SMILES string of the molecule is C[C@@H]1CN(c2cc(=O)n(C)c3ccc(C#N)nc23)[C@@H](C)CN1C(c1ccc(C#N)cc1)c1ccc(F)cn1. The molecule has 3 atom stereocenters. The second-order valence-electron chi connectivity index (χ2n) is 9.69. The molecule has 0 spiro atoms. The van der Waals surface area contributed by atoms with Gasteiger partial charge < -0.3 is 9.47 Å². The van der Waals surface area contributed by atoms with Gasteiger partial charge in [0, 0.05) is 38.3 Å². The molecule has 8 nitrogen and oxygen atoms in total. The molecule has 38 heavy (non-hydrogen) atoms. The van der Waals surface area contributed by atoms with E-state index in [0.717, 1.165) is 5.56 Å². The smallest absolute Gasteiger partial charge is 0.252 e. The van der Waals surface area contributed by atoms with Gasteiger partial charge in [0.1, 0.15) is 23.1 Å². The topological polar surface area (TPSA) is 102 Å². The van der Waals surface area contributed by atoms with Crippen molar-refractivity contribution < 1.29 is 4.39 Å². The number of hydrogen-bond acceptors (Lipinski definition) is 7. The summed E-state index contributed by atoms with van der Waals surface area (Å²) in [5.74, 6) is -0.402. The highest BCUT2D eigenvalue weighted by atomic mass is 19.1. The van der Waals surface area contributed by atoms with Gasteiger partial charge >= 0.3 is 0 Å². The summed E-state index contributed by atoms with van der Waals surface area (Å²) in [6.07, 6.45) is 1.22. The minimum absolute atomic E-state index is 0.0111. The predicted octanol–water partition coefficient (Wildman–Crippen LogP) is 3.90. The van der Waals surface area contributed by atoms with Gasteiger partial charge in [-0.2, -0.15) is 10.5 Å². The third-order valence-electron chi connectivity index (χ3n) is 7.24. The molecule has 3 aromatic heterocycles. The van der Waals surface area contributed by atoms with Gasteiger partial charge in [0.15, 0.2) is 0 Å². The van der Waals surface area contributed by atoms with Gasteiger partial charge in [-0.05, 0) is 55.8 Å². The van der Waals surface area contributed by atoms with Crippen molar-refractivity contribution in [2.24, 2.45) is 7.05 Å². The van der Waals surface area contributed by atoms with Crippen molar-refractivity contribution in [2.75, 3.05) is 18.0 Å². The Labute approximate surface area is 219 Å². The molecule has 190 valence electrons. The van der Waals surface area contributed by atoms with E-state index in [4.69, 9.17) is 0 Å². The van der Waals surface area contributed by atoms with Crippen molar-refractivity contribution in [3.8, 4) is 12.1 Å². The summed E-state index contributed by atoms with van der Waals surface area (Å²) < 4.78 is 15.3. The van der Waals surface area contributed by atoms with Crippen LogP contribution in [0.15, 0.2) is 65.6 Å². The van der Waals surface area contributed by atoms with E-state index in [0.29, 0.717) is 46.8 Å². The zero-order valence-electron chi connectivity index (χ0n) is 21.3. The van der Waals surface area contributed by atoms with Gasteiger partial charge in [0.05, 0.1) is 40.8 Å². The summed E-state index contributed by atoms with van der Waals surface area (Å²) in [5.41, 5.74) is 4.36. The van der Waals surface area contributed by atoms with Gasteiger partial charge in [-0.15, -0.1) is 0 Å². The van der Waals surface area contributed by atoms with E-state index < -0.39 is 5.82 Å². The zero-order valence-corrected chi connectivity index (χ0v) is 21.3. The first kappa shape index (κ1) is 25.1. The summed E-state index contributed by atoms with van der Waals surface area (Å²) in [6, 6.07) is 19.5. The molecule has 1 unspecified atom stereocenters. The molecule has 5 rings (SSSR count). The van der Waals surface area contributed by atoms with Crippen molar-refractivity contribution >= 4 is 16.7 Å². The lowest BCUT2D eigenvalue weighted by atomic mass is 9.95. The van der Waals surface area contributed by atoms with Gasteiger partial charge in [-0.3, -0.25) is 14.7 Å². The quantitative estimate of drug-likeness (QED) is 0.413. The highest BCUT2D eigenvalue weighted by molar-refractivity contribution is 5.89. The Kier molecular flexibility index (Phi) is 6.62. The van der Waals surface area contributed by atoms with Crippen LogP contribution in [0.5, 0.6) is 0 Å². The summed E-state index contributed by atoms with van der Waals surface area (Å²) >= 11 is 0. The van der Waals surface area contributed by atoms with E-state index in [1.54, 1.807) is 48.0 Å². The first-order valence-corrected chi connectivity index (χ1v) is 12.4. The Morgan fingerprint density at radius 2 is 1.76 bits per heavy atom. The molecule has 0 saturated carbocycles. The van der Waals surface area contributed by atoms with E-state index >= 15 is 0 Å². The number of hydrogen-bond donors (Lipinski definition) is 0. The van der Waals surface area contributed by atoms with Crippen LogP contribution in [0.25, 0.3) is 11.0 Å². The van der Waals surface area contributed by atoms with Crippen molar-refractivity contribution in [3.63, 3.8) is 0 Å². The number of aromatic nitrogens is 3. The predicted molar refractivity (Wildman–Crippen MR) is 142 cm³/mol. The zero-order chi connectivity index (χ0) is 27.0. The van der Waals surface area contributed by atoms with E-state index in [1.165, 1.54) is 12.3 Å². The number of benzene rings is 1. The fourth-order valence-corrected chi connectivity index (χ4v) is 5.26. The maximum absolute atomic E-state index is 13.7. The number of anilines is 1. The van der Waals surface area contributed by atoms with Crippen LogP contribution < -0.4 is 10.5 Å². The molecule has 4 heterocycles. The summed E-state index contributed by atoms with van der Waals surface area (Å²) in [4.78, 5) is 26.3. The molecule has 0 N–H and O–H groups in total. The molecule has 1 aliphatic rings. The number of piperazine rings is 1.